The summed E-state index contributed by atoms with van der Waals surface area (Å²) in [6.45, 7) is 4.54. The second kappa shape index (κ2) is 6.14. The van der Waals surface area contributed by atoms with Crippen molar-refractivity contribution in [2.24, 2.45) is 0 Å². The van der Waals surface area contributed by atoms with Gasteiger partial charge in [0.05, 0.1) is 12.3 Å². The molecule has 0 aliphatic heterocycles. The lowest BCUT2D eigenvalue weighted by Gasteiger charge is -2.11. The number of hydrogen-bond donors (Lipinski definition) is 1. The fourth-order valence-electron chi connectivity index (χ4n) is 1.81. The van der Waals surface area contributed by atoms with Crippen molar-refractivity contribution in [3.05, 3.63) is 47.2 Å². The number of furan rings is 1. The molecule has 0 spiro atoms. The highest BCUT2D eigenvalue weighted by molar-refractivity contribution is 7.98. The Labute approximate surface area is 115 Å². The minimum absolute atomic E-state index is 0.194. The van der Waals surface area contributed by atoms with E-state index in [9.17, 15) is 8.78 Å². The second-order valence-corrected chi connectivity index (χ2v) is 5.20. The molecule has 0 saturated heterocycles. The first-order valence-electron chi connectivity index (χ1n) is 5.92. The van der Waals surface area contributed by atoms with E-state index in [0.717, 1.165) is 17.1 Å². The molecule has 3 nitrogen and oxygen atoms in total. The molecule has 0 aromatic carbocycles. The first-order valence-corrected chi connectivity index (χ1v) is 6.97. The average molecular weight is 286 g/mol. The normalized spacial score (nSPS) is 11.2. The summed E-state index contributed by atoms with van der Waals surface area (Å²) in [4.78, 5) is 0. The number of nitrogens with zero attached hydrogens (tertiary/aromatic N) is 1. The fraction of sp³-hybridized carbons (Fsp3) is 0.385. The topological polar surface area (TPSA) is 30.1 Å². The smallest absolute Gasteiger partial charge is 0.284 e. The monoisotopic (exact) mass is 286 g/mol. The predicted molar refractivity (Wildman–Crippen MR) is 73.0 cm³/mol. The molecular weight excluding hydrogens is 270 g/mol. The van der Waals surface area contributed by atoms with Gasteiger partial charge in [-0.05, 0) is 38.1 Å². The first-order chi connectivity index (χ1) is 9.06. The Balaban J connectivity index is 1.90. The number of alkyl halides is 2. The highest BCUT2D eigenvalue weighted by atomic mass is 32.2. The van der Waals surface area contributed by atoms with Crippen LogP contribution in [0.15, 0.2) is 28.7 Å². The van der Waals surface area contributed by atoms with Crippen LogP contribution in [-0.4, -0.2) is 10.4 Å². The summed E-state index contributed by atoms with van der Waals surface area (Å²) >= 11 is 0.566. The highest BCUT2D eigenvalue weighted by Gasteiger charge is 2.07. The molecule has 0 aliphatic rings. The van der Waals surface area contributed by atoms with Gasteiger partial charge in [0.15, 0.2) is 0 Å². The van der Waals surface area contributed by atoms with E-state index in [1.807, 2.05) is 36.7 Å². The standard InChI is InChI=1S/C13H16F2N2OS/c1-9-3-4-10(2)17(9)16-7-11-5-6-12(18-11)8-19-13(14)15/h3-6,13,16H,7-8H2,1-2H3. The van der Waals surface area contributed by atoms with Gasteiger partial charge in [-0.25, -0.2) is 0 Å². The van der Waals surface area contributed by atoms with Crippen LogP contribution >= 0.6 is 11.8 Å². The fourth-order valence-corrected chi connectivity index (χ4v) is 2.26. The Morgan fingerprint density at radius 3 is 2.42 bits per heavy atom. The van der Waals surface area contributed by atoms with Crippen LogP contribution < -0.4 is 5.43 Å². The summed E-state index contributed by atoms with van der Waals surface area (Å²) in [5, 5.41) is 0. The van der Waals surface area contributed by atoms with Gasteiger partial charge >= 0.3 is 0 Å². The van der Waals surface area contributed by atoms with Crippen molar-refractivity contribution >= 4 is 11.8 Å². The predicted octanol–water partition coefficient (Wildman–Crippen LogP) is 3.90. The molecule has 0 bridgehead atoms. The number of halogens is 2. The molecule has 19 heavy (non-hydrogen) atoms. The van der Waals surface area contributed by atoms with Crippen LogP contribution in [0.5, 0.6) is 0 Å². The maximum atomic E-state index is 12.1. The van der Waals surface area contributed by atoms with Crippen molar-refractivity contribution in [3.8, 4) is 0 Å². The molecule has 0 saturated carbocycles. The number of rotatable bonds is 6. The average Bonchev–Trinajstić information content (AvgIpc) is 2.93. The Bertz CT molecular complexity index is 517. The molecule has 2 aromatic rings. The number of aryl methyl sites for hydroxylation is 2. The maximum Gasteiger partial charge on any atom is 0.284 e. The molecular formula is C13H16F2N2OS. The molecule has 0 fully saturated rings. The molecule has 0 amide bonds. The molecule has 2 rings (SSSR count). The summed E-state index contributed by atoms with van der Waals surface area (Å²) in [5.41, 5.74) is 5.44. The Hall–Kier alpha value is -1.43. The van der Waals surface area contributed by atoms with E-state index in [1.54, 1.807) is 6.07 Å². The SMILES string of the molecule is Cc1ccc(C)n1NCc1ccc(CSC(F)F)o1. The van der Waals surface area contributed by atoms with Crippen molar-refractivity contribution in [1.82, 2.24) is 4.68 Å². The van der Waals surface area contributed by atoms with Crippen LogP contribution in [0.1, 0.15) is 22.9 Å². The van der Waals surface area contributed by atoms with E-state index in [2.05, 4.69) is 5.43 Å². The van der Waals surface area contributed by atoms with E-state index in [0.29, 0.717) is 24.1 Å². The van der Waals surface area contributed by atoms with Crippen LogP contribution in [-0.2, 0) is 12.3 Å². The number of thioether (sulfide) groups is 1. The van der Waals surface area contributed by atoms with Crippen molar-refractivity contribution in [3.63, 3.8) is 0 Å². The van der Waals surface area contributed by atoms with Crippen molar-refractivity contribution in [1.29, 1.82) is 0 Å². The minimum Gasteiger partial charge on any atom is -0.463 e. The molecule has 0 unspecified atom stereocenters. The van der Waals surface area contributed by atoms with Gasteiger partial charge in [0, 0.05) is 11.4 Å². The van der Waals surface area contributed by atoms with Gasteiger partial charge in [0.25, 0.3) is 5.76 Å². The summed E-state index contributed by atoms with van der Waals surface area (Å²) < 4.78 is 31.6. The van der Waals surface area contributed by atoms with Gasteiger partial charge in [-0.3, -0.25) is 4.68 Å². The number of hydrogen-bond acceptors (Lipinski definition) is 3. The van der Waals surface area contributed by atoms with Crippen LogP contribution in [0.2, 0.25) is 0 Å². The Morgan fingerprint density at radius 1 is 1.16 bits per heavy atom. The van der Waals surface area contributed by atoms with Crippen LogP contribution in [0.4, 0.5) is 8.78 Å². The lowest BCUT2D eigenvalue weighted by molar-refractivity contribution is 0.251. The molecule has 1 N–H and O–H groups in total. The van der Waals surface area contributed by atoms with E-state index in [-0.39, 0.29) is 5.75 Å². The van der Waals surface area contributed by atoms with Crippen LogP contribution in [0.25, 0.3) is 0 Å². The van der Waals surface area contributed by atoms with Crippen molar-refractivity contribution in [2.75, 3.05) is 5.43 Å². The molecule has 0 atom stereocenters. The summed E-state index contributed by atoms with van der Waals surface area (Å²) in [7, 11) is 0. The lowest BCUT2D eigenvalue weighted by Crippen LogP contribution is -2.16. The molecule has 6 heteroatoms. The molecule has 0 aliphatic carbocycles. The van der Waals surface area contributed by atoms with Gasteiger partial charge in [0.2, 0.25) is 0 Å². The van der Waals surface area contributed by atoms with Gasteiger partial charge in [-0.2, -0.15) is 8.78 Å². The largest absolute Gasteiger partial charge is 0.463 e. The number of nitrogens with one attached hydrogen (secondary N) is 1. The minimum atomic E-state index is -2.36. The zero-order chi connectivity index (χ0) is 13.8. The van der Waals surface area contributed by atoms with Crippen molar-refractivity contribution < 1.29 is 13.2 Å². The van der Waals surface area contributed by atoms with Gasteiger partial charge in [-0.1, -0.05) is 11.8 Å². The van der Waals surface area contributed by atoms with Crippen molar-refractivity contribution in [2.45, 2.75) is 31.9 Å². The second-order valence-electron chi connectivity index (χ2n) is 4.23. The third kappa shape index (κ3) is 3.76. The van der Waals surface area contributed by atoms with Crippen LogP contribution in [0, 0.1) is 13.8 Å². The van der Waals surface area contributed by atoms with E-state index >= 15 is 0 Å². The highest BCUT2D eigenvalue weighted by Crippen LogP contribution is 2.21. The third-order valence-corrected chi connectivity index (χ3v) is 3.45. The van der Waals surface area contributed by atoms with Gasteiger partial charge in [0.1, 0.15) is 11.5 Å². The quantitative estimate of drug-likeness (QED) is 0.873. The van der Waals surface area contributed by atoms with Gasteiger partial charge in [-0.15, -0.1) is 0 Å². The molecule has 104 valence electrons. The van der Waals surface area contributed by atoms with Gasteiger partial charge < -0.3 is 9.84 Å². The third-order valence-electron chi connectivity index (χ3n) is 2.75. The number of aromatic nitrogens is 1. The maximum absolute atomic E-state index is 12.1. The Morgan fingerprint density at radius 2 is 1.79 bits per heavy atom. The molecule has 0 radical (unpaired) electrons. The Kier molecular flexibility index (Phi) is 4.52. The first kappa shape index (κ1) is 14.0. The summed E-state index contributed by atoms with van der Waals surface area (Å²) in [6, 6.07) is 7.59. The zero-order valence-corrected chi connectivity index (χ0v) is 11.6. The molecule has 2 aromatic heterocycles. The van der Waals surface area contributed by atoms with E-state index in [1.165, 1.54) is 0 Å². The zero-order valence-electron chi connectivity index (χ0n) is 10.8. The summed E-state index contributed by atoms with van der Waals surface area (Å²) in [6.07, 6.45) is 0. The summed E-state index contributed by atoms with van der Waals surface area (Å²) in [5.74, 6) is -0.864. The van der Waals surface area contributed by atoms with E-state index < -0.39 is 5.76 Å². The van der Waals surface area contributed by atoms with Crippen LogP contribution in [0.3, 0.4) is 0 Å². The molecule has 2 heterocycles. The lowest BCUT2D eigenvalue weighted by atomic mass is 10.4. The van der Waals surface area contributed by atoms with E-state index in [4.69, 9.17) is 4.42 Å².